The van der Waals surface area contributed by atoms with Gasteiger partial charge >= 0.3 is 0 Å². The molecule has 1 aliphatic heterocycles. The van der Waals surface area contributed by atoms with Crippen molar-refractivity contribution in [1.82, 2.24) is 5.32 Å². The molecule has 1 aliphatic rings. The van der Waals surface area contributed by atoms with Crippen LogP contribution in [0.5, 0.6) is 0 Å². The second-order valence-corrected chi connectivity index (χ2v) is 6.31. The van der Waals surface area contributed by atoms with E-state index < -0.39 is 0 Å². The van der Waals surface area contributed by atoms with Crippen molar-refractivity contribution in [3.05, 3.63) is 59.7 Å². The molecule has 134 valence electrons. The predicted molar refractivity (Wildman–Crippen MR) is 99.7 cm³/mol. The van der Waals surface area contributed by atoms with E-state index in [1.807, 2.05) is 37.3 Å². The molecule has 26 heavy (non-hydrogen) atoms. The lowest BCUT2D eigenvalue weighted by molar-refractivity contribution is -0.125. The summed E-state index contributed by atoms with van der Waals surface area (Å²) in [7, 11) is 0. The van der Waals surface area contributed by atoms with Crippen molar-refractivity contribution in [2.24, 2.45) is 0 Å². The normalized spacial score (nSPS) is 13.0. The Morgan fingerprint density at radius 1 is 1.08 bits per heavy atom. The standard InChI is InChI=1S/C20H21N3O3/c1-14-6-8-15(9-7-14)12-21-18(24)10-11-20(26)23-13-19(25)22-16-4-2-3-5-17(16)23/h2-9H,10-13H2,1H3,(H,21,24)(H,22,25). The molecule has 6 nitrogen and oxygen atoms in total. The van der Waals surface area contributed by atoms with Crippen LogP contribution in [0.25, 0.3) is 0 Å². The largest absolute Gasteiger partial charge is 0.352 e. The van der Waals surface area contributed by atoms with E-state index in [0.29, 0.717) is 17.9 Å². The van der Waals surface area contributed by atoms with Gasteiger partial charge in [0.05, 0.1) is 11.4 Å². The van der Waals surface area contributed by atoms with Gasteiger partial charge in [-0.15, -0.1) is 0 Å². The highest BCUT2D eigenvalue weighted by atomic mass is 16.2. The Bertz CT molecular complexity index is 830. The minimum absolute atomic E-state index is 0.0270. The fourth-order valence-corrected chi connectivity index (χ4v) is 2.81. The van der Waals surface area contributed by atoms with Crippen LogP contribution in [0.2, 0.25) is 0 Å². The second kappa shape index (κ2) is 7.82. The van der Waals surface area contributed by atoms with Crippen LogP contribution in [0.15, 0.2) is 48.5 Å². The Morgan fingerprint density at radius 2 is 1.81 bits per heavy atom. The van der Waals surface area contributed by atoms with E-state index >= 15 is 0 Å². The Balaban J connectivity index is 1.53. The first kappa shape index (κ1) is 17.7. The predicted octanol–water partition coefficient (Wildman–Crippen LogP) is 2.38. The van der Waals surface area contributed by atoms with Crippen LogP contribution >= 0.6 is 0 Å². The van der Waals surface area contributed by atoms with Gasteiger partial charge in [-0.3, -0.25) is 14.4 Å². The zero-order valence-electron chi connectivity index (χ0n) is 14.6. The molecule has 6 heteroatoms. The number of rotatable bonds is 5. The summed E-state index contributed by atoms with van der Waals surface area (Å²) in [5, 5.41) is 5.56. The number of anilines is 2. The molecule has 2 aromatic rings. The number of para-hydroxylation sites is 2. The lowest BCUT2D eigenvalue weighted by atomic mass is 10.1. The van der Waals surface area contributed by atoms with E-state index in [9.17, 15) is 14.4 Å². The number of benzene rings is 2. The van der Waals surface area contributed by atoms with Gasteiger partial charge in [0, 0.05) is 19.4 Å². The summed E-state index contributed by atoms with van der Waals surface area (Å²) in [5.74, 6) is -0.660. The molecule has 2 aromatic carbocycles. The number of fused-ring (bicyclic) bond motifs is 1. The summed E-state index contributed by atoms with van der Waals surface area (Å²) in [6, 6.07) is 15.0. The third kappa shape index (κ3) is 4.27. The first-order valence-corrected chi connectivity index (χ1v) is 8.54. The number of nitrogens with one attached hydrogen (secondary N) is 2. The van der Waals surface area contributed by atoms with Crippen LogP contribution in [0.1, 0.15) is 24.0 Å². The van der Waals surface area contributed by atoms with E-state index in [1.165, 1.54) is 4.90 Å². The molecule has 0 radical (unpaired) electrons. The summed E-state index contributed by atoms with van der Waals surface area (Å²) in [4.78, 5) is 37.7. The monoisotopic (exact) mass is 351 g/mol. The zero-order chi connectivity index (χ0) is 18.5. The lowest BCUT2D eigenvalue weighted by Gasteiger charge is -2.29. The Labute approximate surface area is 152 Å². The highest BCUT2D eigenvalue weighted by molar-refractivity contribution is 6.10. The Hall–Kier alpha value is -3.15. The number of hydrogen-bond acceptors (Lipinski definition) is 3. The van der Waals surface area contributed by atoms with Gasteiger partial charge < -0.3 is 15.5 Å². The van der Waals surface area contributed by atoms with E-state index in [1.54, 1.807) is 18.2 Å². The quantitative estimate of drug-likeness (QED) is 0.868. The molecule has 0 bridgehead atoms. The van der Waals surface area contributed by atoms with Gasteiger partial charge in [-0.1, -0.05) is 42.0 Å². The molecule has 3 amide bonds. The summed E-state index contributed by atoms with van der Waals surface area (Å²) in [6.45, 7) is 2.41. The summed E-state index contributed by atoms with van der Waals surface area (Å²) in [6.07, 6.45) is 0.145. The van der Waals surface area contributed by atoms with Gasteiger partial charge in [0.2, 0.25) is 17.7 Å². The molecule has 1 heterocycles. The highest BCUT2D eigenvalue weighted by Crippen LogP contribution is 2.29. The molecule has 0 aliphatic carbocycles. The number of carbonyl (C=O) groups excluding carboxylic acids is 3. The average molecular weight is 351 g/mol. The van der Waals surface area contributed by atoms with E-state index in [-0.39, 0.29) is 37.1 Å². The van der Waals surface area contributed by atoms with Crippen LogP contribution < -0.4 is 15.5 Å². The third-order valence-corrected chi connectivity index (χ3v) is 4.25. The first-order chi connectivity index (χ1) is 12.5. The molecule has 0 aromatic heterocycles. The Morgan fingerprint density at radius 3 is 2.58 bits per heavy atom. The molecule has 0 fully saturated rings. The third-order valence-electron chi connectivity index (χ3n) is 4.25. The maximum Gasteiger partial charge on any atom is 0.244 e. The van der Waals surface area contributed by atoms with E-state index in [2.05, 4.69) is 10.6 Å². The molecule has 0 atom stereocenters. The fourth-order valence-electron chi connectivity index (χ4n) is 2.81. The number of aryl methyl sites for hydroxylation is 1. The van der Waals surface area contributed by atoms with Gasteiger partial charge in [0.25, 0.3) is 0 Å². The summed E-state index contributed by atoms with van der Waals surface area (Å²) >= 11 is 0. The van der Waals surface area contributed by atoms with Gasteiger partial charge in [-0.2, -0.15) is 0 Å². The number of nitrogens with zero attached hydrogens (tertiary/aromatic N) is 1. The van der Waals surface area contributed by atoms with Crippen LogP contribution in [0.4, 0.5) is 11.4 Å². The van der Waals surface area contributed by atoms with Crippen LogP contribution in [-0.2, 0) is 20.9 Å². The molecule has 0 saturated carbocycles. The lowest BCUT2D eigenvalue weighted by Crippen LogP contribution is -2.42. The van der Waals surface area contributed by atoms with Gasteiger partial charge in [-0.25, -0.2) is 0 Å². The Kier molecular flexibility index (Phi) is 5.31. The highest BCUT2D eigenvalue weighted by Gasteiger charge is 2.26. The number of hydrogen-bond donors (Lipinski definition) is 2. The number of amides is 3. The molecule has 0 unspecified atom stereocenters. The molecule has 3 rings (SSSR count). The van der Waals surface area contributed by atoms with Gasteiger partial charge in [0.15, 0.2) is 0 Å². The van der Waals surface area contributed by atoms with E-state index in [4.69, 9.17) is 0 Å². The SMILES string of the molecule is Cc1ccc(CNC(=O)CCC(=O)N2CC(=O)Nc3ccccc32)cc1. The molecule has 0 spiro atoms. The van der Waals surface area contributed by atoms with Gasteiger partial charge in [0.1, 0.15) is 6.54 Å². The maximum absolute atomic E-state index is 12.5. The van der Waals surface area contributed by atoms with Crippen molar-refractivity contribution in [2.45, 2.75) is 26.3 Å². The first-order valence-electron chi connectivity index (χ1n) is 8.54. The number of carbonyl (C=O) groups is 3. The van der Waals surface area contributed by atoms with Crippen molar-refractivity contribution >= 4 is 29.1 Å². The van der Waals surface area contributed by atoms with Crippen molar-refractivity contribution in [2.75, 3.05) is 16.8 Å². The smallest absolute Gasteiger partial charge is 0.244 e. The molecule has 2 N–H and O–H groups in total. The summed E-state index contributed by atoms with van der Waals surface area (Å²) in [5.41, 5.74) is 3.45. The van der Waals surface area contributed by atoms with Crippen LogP contribution in [0, 0.1) is 6.92 Å². The van der Waals surface area contributed by atoms with Gasteiger partial charge in [-0.05, 0) is 24.6 Å². The van der Waals surface area contributed by atoms with Crippen molar-refractivity contribution in [3.63, 3.8) is 0 Å². The van der Waals surface area contributed by atoms with E-state index in [0.717, 1.165) is 11.1 Å². The maximum atomic E-state index is 12.5. The minimum atomic E-state index is -0.238. The topological polar surface area (TPSA) is 78.5 Å². The van der Waals surface area contributed by atoms with Crippen LogP contribution in [0.3, 0.4) is 0 Å². The van der Waals surface area contributed by atoms with Crippen LogP contribution in [-0.4, -0.2) is 24.3 Å². The minimum Gasteiger partial charge on any atom is -0.352 e. The summed E-state index contributed by atoms with van der Waals surface area (Å²) < 4.78 is 0. The average Bonchev–Trinajstić information content (AvgIpc) is 2.65. The fraction of sp³-hybridized carbons (Fsp3) is 0.250. The van der Waals surface area contributed by atoms with Crippen molar-refractivity contribution in [1.29, 1.82) is 0 Å². The van der Waals surface area contributed by atoms with Crippen molar-refractivity contribution in [3.8, 4) is 0 Å². The molecular formula is C20H21N3O3. The molecular weight excluding hydrogens is 330 g/mol. The second-order valence-electron chi connectivity index (χ2n) is 6.31. The zero-order valence-corrected chi connectivity index (χ0v) is 14.6. The van der Waals surface area contributed by atoms with Crippen molar-refractivity contribution < 1.29 is 14.4 Å². The molecule has 0 saturated heterocycles.